The predicted molar refractivity (Wildman–Crippen MR) is 175 cm³/mol. The van der Waals surface area contributed by atoms with Crippen molar-refractivity contribution >= 4 is 23.8 Å². The molecule has 0 radical (unpaired) electrons. The summed E-state index contributed by atoms with van der Waals surface area (Å²) in [7, 11) is 0. The Morgan fingerprint density at radius 2 is 0.760 bits per heavy atom. The van der Waals surface area contributed by atoms with Gasteiger partial charge in [0.15, 0.2) is 0 Å². The smallest absolute Gasteiger partial charge is 0.407 e. The Bertz CT molecular complexity index is 840. The molecule has 0 aromatic heterocycles. The molecule has 0 aliphatic heterocycles. The Morgan fingerprint density at radius 3 is 1.06 bits per heavy atom. The van der Waals surface area contributed by atoms with Gasteiger partial charge in [-0.15, -0.1) is 0 Å². The number of aliphatic carboxylic acids is 1. The summed E-state index contributed by atoms with van der Waals surface area (Å²) >= 11 is 0. The summed E-state index contributed by atoms with van der Waals surface area (Å²) in [6.07, 6.45) is -1.13. The Morgan fingerprint density at radius 1 is 0.460 bits per heavy atom. The molecular formula is C32H59NO17. The van der Waals surface area contributed by atoms with Crippen molar-refractivity contribution in [2.24, 2.45) is 0 Å². The van der Waals surface area contributed by atoms with Crippen LogP contribution >= 0.6 is 0 Å². The number of alkyl carbamates (subject to hydrolysis) is 1. The van der Waals surface area contributed by atoms with E-state index in [-0.39, 0.29) is 26.1 Å². The summed E-state index contributed by atoms with van der Waals surface area (Å²) in [5, 5.41) is 11.1. The molecule has 0 saturated carbocycles. The van der Waals surface area contributed by atoms with E-state index < -0.39 is 29.4 Å². The highest BCUT2D eigenvalue weighted by atomic mass is 16.6. The van der Waals surface area contributed by atoms with Gasteiger partial charge < -0.3 is 67.3 Å². The van der Waals surface area contributed by atoms with Crippen molar-refractivity contribution in [2.45, 2.75) is 39.2 Å². The summed E-state index contributed by atoms with van der Waals surface area (Å²) in [4.78, 5) is 44.1. The van der Waals surface area contributed by atoms with Crippen LogP contribution in [0.15, 0.2) is 0 Å². The first-order chi connectivity index (χ1) is 24.1. The first-order valence-electron chi connectivity index (χ1n) is 16.8. The van der Waals surface area contributed by atoms with Crippen LogP contribution < -0.4 is 5.32 Å². The molecule has 0 heterocycles. The van der Waals surface area contributed by atoms with E-state index in [1.807, 2.05) is 0 Å². The molecule has 0 aromatic rings. The third-order valence-corrected chi connectivity index (χ3v) is 5.55. The van der Waals surface area contributed by atoms with Gasteiger partial charge in [0.2, 0.25) is 5.78 Å². The van der Waals surface area contributed by atoms with Gasteiger partial charge in [0.25, 0.3) is 0 Å². The Kier molecular flexibility index (Phi) is 33.1. The van der Waals surface area contributed by atoms with Crippen molar-refractivity contribution in [2.75, 3.05) is 145 Å². The van der Waals surface area contributed by atoms with Crippen LogP contribution in [0.3, 0.4) is 0 Å². The lowest BCUT2D eigenvalue weighted by Crippen LogP contribution is -2.34. The molecule has 0 rings (SSSR count). The molecule has 0 aromatic carbocycles. The maximum atomic E-state index is 11.5. The van der Waals surface area contributed by atoms with Crippen LogP contribution in [-0.4, -0.2) is 180 Å². The lowest BCUT2D eigenvalue weighted by atomic mass is 10.2. The number of carbonyl (C=O) groups excluding carboxylic acids is 3. The zero-order valence-corrected chi connectivity index (χ0v) is 29.9. The second-order valence-electron chi connectivity index (χ2n) is 11.0. The van der Waals surface area contributed by atoms with Crippen molar-refractivity contribution in [1.82, 2.24) is 5.32 Å². The van der Waals surface area contributed by atoms with Crippen molar-refractivity contribution in [3.05, 3.63) is 0 Å². The molecule has 0 spiro atoms. The molecule has 0 atom stereocenters. The highest BCUT2D eigenvalue weighted by molar-refractivity contribution is 6.32. The third-order valence-electron chi connectivity index (χ3n) is 5.55. The number of hydrogen-bond acceptors (Lipinski definition) is 16. The molecule has 0 unspecified atom stereocenters. The quantitative estimate of drug-likeness (QED) is 0.0511. The van der Waals surface area contributed by atoms with Crippen molar-refractivity contribution < 1.29 is 81.1 Å². The van der Waals surface area contributed by atoms with E-state index in [2.05, 4.69) is 5.32 Å². The van der Waals surface area contributed by atoms with Gasteiger partial charge in [-0.2, -0.15) is 0 Å². The zero-order chi connectivity index (χ0) is 37.0. The average molecular weight is 730 g/mol. The number of carboxylic acid groups (broad SMARTS) is 1. The molecule has 50 heavy (non-hydrogen) atoms. The van der Waals surface area contributed by atoms with Gasteiger partial charge in [-0.3, -0.25) is 9.59 Å². The zero-order valence-electron chi connectivity index (χ0n) is 29.9. The monoisotopic (exact) mass is 729 g/mol. The average Bonchev–Trinajstić information content (AvgIpc) is 3.06. The minimum atomic E-state index is -1.57. The highest BCUT2D eigenvalue weighted by Gasteiger charge is 2.15. The second kappa shape index (κ2) is 34.9. The lowest BCUT2D eigenvalue weighted by Gasteiger charge is -2.19. The predicted octanol–water partition coefficient (Wildman–Crippen LogP) is 0.654. The minimum Gasteiger partial charge on any atom is -0.476 e. The Hall–Kier alpha value is -2.52. The number of rotatable bonds is 37. The molecule has 294 valence electrons. The molecule has 1 amide bonds. The molecule has 0 bridgehead atoms. The second-order valence-corrected chi connectivity index (χ2v) is 11.0. The fourth-order valence-electron chi connectivity index (χ4n) is 3.23. The van der Waals surface area contributed by atoms with E-state index >= 15 is 0 Å². The fraction of sp³-hybridized carbons (Fsp3) is 0.875. The summed E-state index contributed by atoms with van der Waals surface area (Å²) in [5.41, 5.74) is -0.522. The van der Waals surface area contributed by atoms with Gasteiger partial charge in [0.05, 0.1) is 139 Å². The number of carbonyl (C=O) groups is 4. The van der Waals surface area contributed by atoms with Crippen LogP contribution in [-0.2, 0) is 71.2 Å². The van der Waals surface area contributed by atoms with Crippen LogP contribution in [0.2, 0.25) is 0 Å². The van der Waals surface area contributed by atoms with Crippen LogP contribution in [0, 0.1) is 0 Å². The highest BCUT2D eigenvalue weighted by Crippen LogP contribution is 2.06. The Balaban J connectivity index is 3.16. The maximum absolute atomic E-state index is 11.5. The number of carboxylic acids is 1. The maximum Gasteiger partial charge on any atom is 0.407 e. The molecule has 0 aliphatic rings. The van der Waals surface area contributed by atoms with E-state index in [4.69, 9.17) is 61.9 Å². The number of ketones is 1. The van der Waals surface area contributed by atoms with Crippen LogP contribution in [0.1, 0.15) is 33.6 Å². The standard InChI is InChI=1S/C32H59NO17/c1-32(2,3)50-31(38)33-6-7-39-8-9-40-10-11-41-12-13-42-14-15-43-16-17-44-18-19-45-20-21-46-22-23-47-24-25-48-26-27-49-29(35)5-4-28(34)30(36)37/h4-27H2,1-3H3,(H,33,38)(H,36,37). The fourth-order valence-corrected chi connectivity index (χ4v) is 3.23. The number of Topliss-reactive ketones (excluding diaryl/α,β-unsaturated/α-hetero) is 1. The summed E-state index contributed by atoms with van der Waals surface area (Å²) in [6.45, 7) is 14.1. The molecular weight excluding hydrogens is 670 g/mol. The number of hydrogen-bond donors (Lipinski definition) is 2. The third kappa shape index (κ3) is 38.3. The number of esters is 1. The van der Waals surface area contributed by atoms with Gasteiger partial charge in [-0.25, -0.2) is 9.59 Å². The van der Waals surface area contributed by atoms with Crippen LogP contribution in [0.4, 0.5) is 4.79 Å². The largest absolute Gasteiger partial charge is 0.476 e. The van der Waals surface area contributed by atoms with Gasteiger partial charge in [-0.05, 0) is 20.8 Å². The number of ether oxygens (including phenoxy) is 12. The van der Waals surface area contributed by atoms with Crippen LogP contribution in [0.5, 0.6) is 0 Å². The summed E-state index contributed by atoms with van der Waals surface area (Å²) < 4.78 is 64.0. The van der Waals surface area contributed by atoms with Crippen molar-refractivity contribution in [3.63, 3.8) is 0 Å². The SMILES string of the molecule is CC(C)(C)OC(=O)NCCOCCOCCOCCOCCOCCOCCOCCOCCOCCOCCOC(=O)CCC(=O)C(=O)O. The van der Waals surface area contributed by atoms with E-state index in [1.165, 1.54) is 0 Å². The van der Waals surface area contributed by atoms with Gasteiger partial charge in [0.1, 0.15) is 12.2 Å². The number of amides is 1. The van der Waals surface area contributed by atoms with Crippen LogP contribution in [0.25, 0.3) is 0 Å². The molecule has 0 aliphatic carbocycles. The molecule has 2 N–H and O–H groups in total. The molecule has 0 saturated heterocycles. The van der Waals surface area contributed by atoms with Crippen molar-refractivity contribution in [3.8, 4) is 0 Å². The first-order valence-corrected chi connectivity index (χ1v) is 16.8. The topological polar surface area (TPSA) is 211 Å². The van der Waals surface area contributed by atoms with E-state index in [0.717, 1.165) is 0 Å². The van der Waals surface area contributed by atoms with Crippen molar-refractivity contribution in [1.29, 1.82) is 0 Å². The number of nitrogens with one attached hydrogen (secondary N) is 1. The molecule has 18 heteroatoms. The summed E-state index contributed by atoms with van der Waals surface area (Å²) in [5.74, 6) is -3.25. The van der Waals surface area contributed by atoms with Gasteiger partial charge in [0, 0.05) is 13.0 Å². The normalized spacial score (nSPS) is 11.4. The van der Waals surface area contributed by atoms with E-state index in [0.29, 0.717) is 132 Å². The molecule has 18 nitrogen and oxygen atoms in total. The minimum absolute atomic E-state index is 0.00873. The summed E-state index contributed by atoms with van der Waals surface area (Å²) in [6, 6.07) is 0. The Labute approximate surface area is 294 Å². The van der Waals surface area contributed by atoms with E-state index in [1.54, 1.807) is 20.8 Å². The van der Waals surface area contributed by atoms with E-state index in [9.17, 15) is 19.2 Å². The molecule has 0 fully saturated rings. The lowest BCUT2D eigenvalue weighted by molar-refractivity contribution is -0.151. The van der Waals surface area contributed by atoms with Gasteiger partial charge >= 0.3 is 18.0 Å². The first kappa shape index (κ1) is 47.5. The van der Waals surface area contributed by atoms with Gasteiger partial charge in [-0.1, -0.05) is 0 Å².